The normalized spacial score (nSPS) is 17.5. The molecule has 6 heteroatoms. The van der Waals surface area contributed by atoms with Crippen LogP contribution in [-0.4, -0.2) is 26.6 Å². The van der Waals surface area contributed by atoms with Crippen molar-refractivity contribution in [2.24, 2.45) is 0 Å². The summed E-state index contributed by atoms with van der Waals surface area (Å²) in [6.45, 7) is 4.56. The molecule has 1 unspecified atom stereocenters. The second-order valence-corrected chi connectivity index (χ2v) is 6.75. The Morgan fingerprint density at radius 2 is 1.96 bits per heavy atom. The van der Waals surface area contributed by atoms with Crippen molar-refractivity contribution in [1.29, 1.82) is 0 Å². The van der Waals surface area contributed by atoms with E-state index in [4.69, 9.17) is 4.52 Å². The van der Waals surface area contributed by atoms with Gasteiger partial charge in [0.1, 0.15) is 0 Å². The number of hydrogen-bond donors (Lipinski definition) is 1. The van der Waals surface area contributed by atoms with Crippen molar-refractivity contribution in [3.8, 4) is 0 Å². The van der Waals surface area contributed by atoms with Crippen molar-refractivity contribution in [2.45, 2.75) is 38.9 Å². The fourth-order valence-corrected chi connectivity index (χ4v) is 3.42. The first-order chi connectivity index (χ1) is 12.8. The number of nitrogens with zero attached hydrogens (tertiary/aromatic N) is 4. The van der Waals surface area contributed by atoms with Gasteiger partial charge in [-0.15, -0.1) is 0 Å². The summed E-state index contributed by atoms with van der Waals surface area (Å²) in [5, 5.41) is 7.29. The number of hydrogen-bond acceptors (Lipinski definition) is 6. The number of aryl methyl sites for hydroxylation is 1. The summed E-state index contributed by atoms with van der Waals surface area (Å²) < 4.78 is 5.48. The third-order valence-corrected chi connectivity index (χ3v) is 4.72. The summed E-state index contributed by atoms with van der Waals surface area (Å²) in [7, 11) is 0. The smallest absolute Gasteiger partial charge is 0.222 e. The highest BCUT2D eigenvalue weighted by atomic mass is 16.5. The fourth-order valence-electron chi connectivity index (χ4n) is 3.42. The van der Waals surface area contributed by atoms with Gasteiger partial charge in [0.2, 0.25) is 5.95 Å². The van der Waals surface area contributed by atoms with Crippen LogP contribution in [-0.2, 0) is 13.1 Å². The maximum atomic E-state index is 5.48. The molecule has 0 saturated carbocycles. The monoisotopic (exact) mass is 349 g/mol. The lowest BCUT2D eigenvalue weighted by Gasteiger charge is -2.22. The molecule has 4 rings (SSSR count). The molecule has 0 radical (unpaired) electrons. The van der Waals surface area contributed by atoms with Crippen LogP contribution in [0.5, 0.6) is 0 Å². The maximum absolute atomic E-state index is 5.48. The van der Waals surface area contributed by atoms with Crippen molar-refractivity contribution < 1.29 is 4.52 Å². The molecule has 6 nitrogen and oxygen atoms in total. The van der Waals surface area contributed by atoms with Crippen LogP contribution in [0.3, 0.4) is 0 Å². The van der Waals surface area contributed by atoms with E-state index in [1.165, 1.54) is 12.0 Å². The topological polar surface area (TPSA) is 67.1 Å². The van der Waals surface area contributed by atoms with E-state index in [2.05, 4.69) is 37.5 Å². The third kappa shape index (κ3) is 3.91. The molecule has 134 valence electrons. The van der Waals surface area contributed by atoms with Crippen LogP contribution in [0.4, 0.5) is 5.95 Å². The molecule has 1 saturated heterocycles. The van der Waals surface area contributed by atoms with Crippen molar-refractivity contribution in [1.82, 2.24) is 20.0 Å². The van der Waals surface area contributed by atoms with Crippen molar-refractivity contribution in [3.05, 3.63) is 71.4 Å². The van der Waals surface area contributed by atoms with Crippen molar-refractivity contribution >= 4 is 5.95 Å². The summed E-state index contributed by atoms with van der Waals surface area (Å²) in [6.07, 6.45) is 6.08. The van der Waals surface area contributed by atoms with Gasteiger partial charge in [0.05, 0.1) is 11.7 Å². The van der Waals surface area contributed by atoms with Gasteiger partial charge in [0, 0.05) is 37.1 Å². The number of benzene rings is 1. The third-order valence-electron chi connectivity index (χ3n) is 4.72. The van der Waals surface area contributed by atoms with E-state index in [0.29, 0.717) is 12.0 Å². The molecule has 1 fully saturated rings. The molecular formula is C20H23N5O. The summed E-state index contributed by atoms with van der Waals surface area (Å²) in [4.78, 5) is 11.3. The number of rotatable bonds is 6. The van der Waals surface area contributed by atoms with Gasteiger partial charge < -0.3 is 9.84 Å². The SMILES string of the molecule is Cc1cc(C2CCCN2Cc2cnc(NCc3ccccc3)nc2)on1. The van der Waals surface area contributed by atoms with E-state index in [1.54, 1.807) is 0 Å². The Morgan fingerprint density at radius 3 is 2.69 bits per heavy atom. The highest BCUT2D eigenvalue weighted by molar-refractivity contribution is 5.28. The van der Waals surface area contributed by atoms with E-state index < -0.39 is 0 Å². The van der Waals surface area contributed by atoms with E-state index in [0.717, 1.165) is 43.1 Å². The summed E-state index contributed by atoms with van der Waals surface area (Å²) in [6, 6.07) is 12.6. The van der Waals surface area contributed by atoms with Crippen LogP contribution in [0.2, 0.25) is 0 Å². The molecule has 1 aliphatic rings. The van der Waals surface area contributed by atoms with Crippen LogP contribution in [0, 0.1) is 6.92 Å². The quantitative estimate of drug-likeness (QED) is 0.731. The van der Waals surface area contributed by atoms with Crippen LogP contribution in [0.25, 0.3) is 0 Å². The van der Waals surface area contributed by atoms with Crippen LogP contribution in [0.1, 0.15) is 41.5 Å². The molecule has 2 aromatic heterocycles. The Bertz CT molecular complexity index is 831. The number of likely N-dealkylation sites (tertiary alicyclic amines) is 1. The van der Waals surface area contributed by atoms with Gasteiger partial charge in [-0.05, 0) is 31.9 Å². The Balaban J connectivity index is 1.36. The second-order valence-electron chi connectivity index (χ2n) is 6.75. The van der Waals surface area contributed by atoms with Crippen LogP contribution >= 0.6 is 0 Å². The zero-order valence-corrected chi connectivity index (χ0v) is 14.9. The zero-order valence-electron chi connectivity index (χ0n) is 14.9. The predicted octanol–water partition coefficient (Wildman–Crippen LogP) is 3.72. The highest BCUT2D eigenvalue weighted by Crippen LogP contribution is 2.33. The lowest BCUT2D eigenvalue weighted by atomic mass is 10.1. The molecule has 1 N–H and O–H groups in total. The van der Waals surface area contributed by atoms with Gasteiger partial charge >= 0.3 is 0 Å². The molecule has 1 aliphatic heterocycles. The number of anilines is 1. The Labute approximate surface area is 153 Å². The van der Waals surface area contributed by atoms with Gasteiger partial charge in [-0.3, -0.25) is 4.90 Å². The summed E-state index contributed by atoms with van der Waals surface area (Å²) in [5.41, 5.74) is 3.25. The molecule has 0 amide bonds. The predicted molar refractivity (Wildman–Crippen MR) is 99.4 cm³/mol. The molecule has 3 aromatic rings. The summed E-state index contributed by atoms with van der Waals surface area (Å²) in [5.74, 6) is 1.61. The van der Waals surface area contributed by atoms with E-state index >= 15 is 0 Å². The lowest BCUT2D eigenvalue weighted by molar-refractivity contribution is 0.206. The fraction of sp³-hybridized carbons (Fsp3) is 0.350. The Hall–Kier alpha value is -2.73. The second kappa shape index (κ2) is 7.66. The van der Waals surface area contributed by atoms with Crippen molar-refractivity contribution in [3.63, 3.8) is 0 Å². The minimum Gasteiger partial charge on any atom is -0.359 e. The standard InChI is InChI=1S/C20H23N5O/c1-15-10-19(26-24-15)18-8-5-9-25(18)14-17-12-22-20(23-13-17)21-11-16-6-3-2-4-7-16/h2-4,6-7,10,12-13,18H,5,8-9,11,14H2,1H3,(H,21,22,23). The van der Waals surface area contributed by atoms with E-state index in [-0.39, 0.29) is 0 Å². The van der Waals surface area contributed by atoms with E-state index in [9.17, 15) is 0 Å². The first-order valence-corrected chi connectivity index (χ1v) is 9.04. The van der Waals surface area contributed by atoms with Gasteiger partial charge in [0.25, 0.3) is 0 Å². The van der Waals surface area contributed by atoms with Gasteiger partial charge in [0.15, 0.2) is 5.76 Å². The molecule has 0 bridgehead atoms. The highest BCUT2D eigenvalue weighted by Gasteiger charge is 2.29. The average molecular weight is 349 g/mol. The lowest BCUT2D eigenvalue weighted by Crippen LogP contribution is -2.22. The van der Waals surface area contributed by atoms with Gasteiger partial charge in [-0.2, -0.15) is 0 Å². The van der Waals surface area contributed by atoms with Crippen molar-refractivity contribution in [2.75, 3.05) is 11.9 Å². The first-order valence-electron chi connectivity index (χ1n) is 9.04. The van der Waals surface area contributed by atoms with Gasteiger partial charge in [-0.25, -0.2) is 9.97 Å². The minimum atomic E-state index is 0.298. The molecular weight excluding hydrogens is 326 g/mol. The maximum Gasteiger partial charge on any atom is 0.222 e. The minimum absolute atomic E-state index is 0.298. The number of aromatic nitrogens is 3. The van der Waals surface area contributed by atoms with Crippen LogP contribution < -0.4 is 5.32 Å². The van der Waals surface area contributed by atoms with Gasteiger partial charge in [-0.1, -0.05) is 35.5 Å². The van der Waals surface area contributed by atoms with Crippen LogP contribution in [0.15, 0.2) is 53.3 Å². The molecule has 1 aromatic carbocycles. The molecule has 26 heavy (non-hydrogen) atoms. The molecule has 0 aliphatic carbocycles. The zero-order chi connectivity index (χ0) is 17.8. The first kappa shape index (κ1) is 16.7. The molecule has 1 atom stereocenters. The average Bonchev–Trinajstić information content (AvgIpc) is 3.31. The Morgan fingerprint density at radius 1 is 1.15 bits per heavy atom. The van der Waals surface area contributed by atoms with E-state index in [1.807, 2.05) is 43.6 Å². The Kier molecular flexibility index (Phi) is 4.93. The summed E-state index contributed by atoms with van der Waals surface area (Å²) >= 11 is 0. The molecule has 3 heterocycles. The largest absolute Gasteiger partial charge is 0.359 e. The molecule has 0 spiro atoms. The number of nitrogens with one attached hydrogen (secondary N) is 1.